The maximum Gasteiger partial charge on any atom is 0.254 e. The minimum absolute atomic E-state index is 0.129. The summed E-state index contributed by atoms with van der Waals surface area (Å²) in [6.07, 6.45) is 2.61. The number of carbonyl (C=O) groups excluding carboxylic acids is 1. The number of benzene rings is 1. The maximum absolute atomic E-state index is 12.5. The van der Waals surface area contributed by atoms with Crippen LogP contribution in [-0.2, 0) is 0 Å². The molecule has 0 unspecified atom stereocenters. The lowest BCUT2D eigenvalue weighted by atomic mass is 9.90. The lowest BCUT2D eigenvalue weighted by Gasteiger charge is -2.39. The Kier molecular flexibility index (Phi) is 3.35. The van der Waals surface area contributed by atoms with Crippen LogP contribution in [0.2, 0.25) is 0 Å². The highest BCUT2D eigenvalue weighted by molar-refractivity contribution is 5.97. The van der Waals surface area contributed by atoms with Crippen molar-refractivity contribution in [2.24, 2.45) is 0 Å². The van der Waals surface area contributed by atoms with Crippen LogP contribution in [0.15, 0.2) is 30.6 Å². The highest BCUT2D eigenvalue weighted by atomic mass is 16.3. The Morgan fingerprint density at radius 2 is 2.05 bits per heavy atom. The number of aromatic nitrogens is 2. The van der Waals surface area contributed by atoms with Crippen molar-refractivity contribution in [3.8, 4) is 0 Å². The van der Waals surface area contributed by atoms with Gasteiger partial charge in [-0.2, -0.15) is 0 Å². The SMILES string of the molecule is C[C@]1(O)CCN(C(=O)c2ccc3nccnc3c2)C[C@H]1O. The Hall–Kier alpha value is -2.05. The third kappa shape index (κ3) is 2.59. The van der Waals surface area contributed by atoms with E-state index in [1.807, 2.05) is 0 Å². The van der Waals surface area contributed by atoms with Gasteiger partial charge in [0.1, 0.15) is 0 Å². The number of aliphatic hydroxyl groups is 2. The van der Waals surface area contributed by atoms with Crippen molar-refractivity contribution >= 4 is 16.9 Å². The molecule has 0 bridgehead atoms. The van der Waals surface area contributed by atoms with E-state index in [9.17, 15) is 15.0 Å². The van der Waals surface area contributed by atoms with Crippen LogP contribution < -0.4 is 0 Å². The highest BCUT2D eigenvalue weighted by Crippen LogP contribution is 2.23. The molecule has 0 aliphatic carbocycles. The molecule has 0 saturated carbocycles. The first-order valence-electron chi connectivity index (χ1n) is 6.88. The Balaban J connectivity index is 1.84. The van der Waals surface area contributed by atoms with Crippen molar-refractivity contribution in [1.29, 1.82) is 0 Å². The van der Waals surface area contributed by atoms with Crippen LogP contribution in [0.25, 0.3) is 11.0 Å². The molecule has 110 valence electrons. The number of amides is 1. The molecule has 2 heterocycles. The van der Waals surface area contributed by atoms with Crippen molar-refractivity contribution in [3.63, 3.8) is 0 Å². The average Bonchev–Trinajstić information content (AvgIpc) is 2.49. The van der Waals surface area contributed by atoms with Crippen LogP contribution in [0.4, 0.5) is 0 Å². The number of likely N-dealkylation sites (tertiary alicyclic amines) is 1. The van der Waals surface area contributed by atoms with Gasteiger partial charge < -0.3 is 15.1 Å². The summed E-state index contributed by atoms with van der Waals surface area (Å²) in [5, 5.41) is 19.9. The number of rotatable bonds is 1. The molecule has 0 spiro atoms. The van der Waals surface area contributed by atoms with Gasteiger partial charge in [0.2, 0.25) is 0 Å². The molecule has 1 aliphatic rings. The number of hydrogen-bond acceptors (Lipinski definition) is 5. The number of carbonyl (C=O) groups is 1. The predicted octanol–water partition coefficient (Wildman–Crippen LogP) is 0.588. The standard InChI is InChI=1S/C15H17N3O3/c1-15(21)4-7-18(9-13(15)19)14(20)10-2-3-11-12(8-10)17-6-5-16-11/h2-3,5-6,8,13,19,21H,4,7,9H2,1H3/t13-,15+/m1/s1. The monoisotopic (exact) mass is 287 g/mol. The molecule has 1 saturated heterocycles. The van der Waals surface area contributed by atoms with Gasteiger partial charge in [0.05, 0.1) is 22.7 Å². The van der Waals surface area contributed by atoms with E-state index in [0.29, 0.717) is 24.0 Å². The van der Waals surface area contributed by atoms with E-state index >= 15 is 0 Å². The van der Waals surface area contributed by atoms with E-state index in [4.69, 9.17) is 0 Å². The molecule has 1 aliphatic heterocycles. The van der Waals surface area contributed by atoms with Crippen LogP contribution in [0, 0.1) is 0 Å². The Morgan fingerprint density at radius 1 is 1.33 bits per heavy atom. The van der Waals surface area contributed by atoms with Crippen LogP contribution in [-0.4, -0.2) is 55.8 Å². The van der Waals surface area contributed by atoms with E-state index in [1.54, 1.807) is 42.4 Å². The average molecular weight is 287 g/mol. The van der Waals surface area contributed by atoms with Gasteiger partial charge in [0.25, 0.3) is 5.91 Å². The predicted molar refractivity (Wildman–Crippen MR) is 76.7 cm³/mol. The highest BCUT2D eigenvalue weighted by Gasteiger charge is 2.38. The van der Waals surface area contributed by atoms with E-state index in [2.05, 4.69) is 9.97 Å². The minimum atomic E-state index is -1.13. The molecule has 2 N–H and O–H groups in total. The summed E-state index contributed by atoms with van der Waals surface area (Å²) in [6, 6.07) is 5.16. The number of fused-ring (bicyclic) bond motifs is 1. The minimum Gasteiger partial charge on any atom is -0.388 e. The second kappa shape index (κ2) is 5.05. The first kappa shape index (κ1) is 13.9. The van der Waals surface area contributed by atoms with Crippen molar-refractivity contribution in [1.82, 2.24) is 14.9 Å². The molecule has 1 aromatic carbocycles. The summed E-state index contributed by atoms with van der Waals surface area (Å²) >= 11 is 0. The molecule has 1 fully saturated rings. The zero-order chi connectivity index (χ0) is 15.0. The zero-order valence-corrected chi connectivity index (χ0v) is 11.7. The van der Waals surface area contributed by atoms with Gasteiger partial charge in [0, 0.05) is 31.0 Å². The van der Waals surface area contributed by atoms with Crippen molar-refractivity contribution in [2.45, 2.75) is 25.0 Å². The van der Waals surface area contributed by atoms with Gasteiger partial charge in [-0.3, -0.25) is 14.8 Å². The van der Waals surface area contributed by atoms with Gasteiger partial charge >= 0.3 is 0 Å². The van der Waals surface area contributed by atoms with Gasteiger partial charge in [-0.25, -0.2) is 0 Å². The smallest absolute Gasteiger partial charge is 0.254 e. The quantitative estimate of drug-likeness (QED) is 0.801. The molecule has 1 amide bonds. The summed E-state index contributed by atoms with van der Waals surface area (Å²) in [6.45, 7) is 2.14. The lowest BCUT2D eigenvalue weighted by molar-refractivity contribution is -0.0999. The molecule has 3 rings (SSSR count). The molecule has 6 nitrogen and oxygen atoms in total. The van der Waals surface area contributed by atoms with Gasteiger partial charge in [-0.1, -0.05) is 0 Å². The maximum atomic E-state index is 12.5. The van der Waals surface area contributed by atoms with Crippen LogP contribution in [0.3, 0.4) is 0 Å². The van der Waals surface area contributed by atoms with Crippen LogP contribution >= 0.6 is 0 Å². The van der Waals surface area contributed by atoms with Crippen molar-refractivity contribution in [2.75, 3.05) is 13.1 Å². The molecule has 2 aromatic rings. The van der Waals surface area contributed by atoms with E-state index < -0.39 is 11.7 Å². The number of piperidine rings is 1. The number of nitrogens with zero attached hydrogens (tertiary/aromatic N) is 3. The summed E-state index contributed by atoms with van der Waals surface area (Å²) in [7, 11) is 0. The van der Waals surface area contributed by atoms with E-state index in [1.165, 1.54) is 0 Å². The topological polar surface area (TPSA) is 86.5 Å². The molecule has 0 radical (unpaired) electrons. The first-order valence-corrected chi connectivity index (χ1v) is 6.88. The van der Waals surface area contributed by atoms with Crippen molar-refractivity contribution < 1.29 is 15.0 Å². The Bertz CT molecular complexity index is 687. The fourth-order valence-electron chi connectivity index (χ4n) is 2.49. The van der Waals surface area contributed by atoms with Crippen molar-refractivity contribution in [3.05, 3.63) is 36.2 Å². The molecule has 1 aromatic heterocycles. The van der Waals surface area contributed by atoms with Crippen LogP contribution in [0.5, 0.6) is 0 Å². The number of hydrogen-bond donors (Lipinski definition) is 2. The third-order valence-electron chi connectivity index (χ3n) is 4.00. The van der Waals surface area contributed by atoms with Gasteiger partial charge in [-0.15, -0.1) is 0 Å². The van der Waals surface area contributed by atoms with Crippen LogP contribution in [0.1, 0.15) is 23.7 Å². The molecular formula is C15H17N3O3. The zero-order valence-electron chi connectivity index (χ0n) is 11.7. The summed E-state index contributed by atoms with van der Waals surface area (Å²) in [4.78, 5) is 22.4. The number of β-amino-alcohol motifs (C(OH)–C–C–N with tert-alkyl or cyclic N) is 1. The summed E-state index contributed by atoms with van der Waals surface area (Å²) in [5.74, 6) is -0.169. The Labute approximate surface area is 122 Å². The number of aliphatic hydroxyl groups excluding tert-OH is 1. The Morgan fingerprint density at radius 3 is 2.76 bits per heavy atom. The molecule has 2 atom stereocenters. The molecule has 6 heteroatoms. The lowest BCUT2D eigenvalue weighted by Crippen LogP contribution is -2.55. The van der Waals surface area contributed by atoms with Gasteiger partial charge in [-0.05, 0) is 31.5 Å². The molecule has 21 heavy (non-hydrogen) atoms. The van der Waals surface area contributed by atoms with Gasteiger partial charge in [0.15, 0.2) is 0 Å². The largest absolute Gasteiger partial charge is 0.388 e. The molecular weight excluding hydrogens is 270 g/mol. The fraction of sp³-hybridized carbons (Fsp3) is 0.400. The third-order valence-corrected chi connectivity index (χ3v) is 4.00. The van der Waals surface area contributed by atoms with E-state index in [-0.39, 0.29) is 12.5 Å². The fourth-order valence-corrected chi connectivity index (χ4v) is 2.49. The second-order valence-electron chi connectivity index (χ2n) is 5.63. The normalized spacial score (nSPS) is 26.0. The summed E-state index contributed by atoms with van der Waals surface area (Å²) in [5.41, 5.74) is 0.770. The van der Waals surface area contributed by atoms with E-state index in [0.717, 1.165) is 5.52 Å². The first-order chi connectivity index (χ1) is 9.97. The summed E-state index contributed by atoms with van der Waals surface area (Å²) < 4.78 is 0. The second-order valence-corrected chi connectivity index (χ2v) is 5.63.